The molecule has 1 fully saturated rings. The van der Waals surface area contributed by atoms with Crippen LogP contribution in [0.5, 0.6) is 0 Å². The van der Waals surface area contributed by atoms with Gasteiger partial charge in [0, 0.05) is 6.54 Å². The summed E-state index contributed by atoms with van der Waals surface area (Å²) in [5, 5.41) is 24.9. The number of carboxylic acids is 3. The fraction of sp³-hybridized carbons (Fsp3) is 0.346. The van der Waals surface area contributed by atoms with E-state index in [0.717, 1.165) is 12.0 Å². The first-order valence-corrected chi connectivity index (χ1v) is 12.0. The summed E-state index contributed by atoms with van der Waals surface area (Å²) < 4.78 is 5.44. The molecule has 0 spiro atoms. The lowest BCUT2D eigenvalue weighted by Gasteiger charge is -2.21. The van der Waals surface area contributed by atoms with Gasteiger partial charge in [0.25, 0.3) is 0 Å². The highest BCUT2D eigenvalue weighted by Crippen LogP contribution is 2.38. The largest absolute Gasteiger partial charge is 0.480 e. The number of hydrogen-bond acceptors (Lipinski definition) is 8. The third-order valence-corrected chi connectivity index (χ3v) is 5.98. The molecule has 2 amide bonds. The van der Waals surface area contributed by atoms with E-state index in [9.17, 15) is 29.1 Å². The number of rotatable bonds is 7. The second-order valence-electron chi connectivity index (χ2n) is 8.73. The van der Waals surface area contributed by atoms with E-state index in [0.29, 0.717) is 19.4 Å². The Morgan fingerprint density at radius 2 is 1.64 bits per heavy atom. The summed E-state index contributed by atoms with van der Waals surface area (Å²) >= 11 is 0. The molecule has 1 heterocycles. The van der Waals surface area contributed by atoms with Crippen LogP contribution in [0.4, 0.5) is 4.79 Å². The van der Waals surface area contributed by atoms with Gasteiger partial charge in [0.05, 0.1) is 13.0 Å². The van der Waals surface area contributed by atoms with Gasteiger partial charge >= 0.3 is 24.0 Å². The van der Waals surface area contributed by atoms with Crippen molar-refractivity contribution in [2.45, 2.75) is 44.4 Å². The minimum Gasteiger partial charge on any atom is -0.480 e. The van der Waals surface area contributed by atoms with E-state index in [-0.39, 0.29) is 19.6 Å². The Morgan fingerprint density at radius 1 is 1.00 bits per heavy atom. The number of carboxylic acid groups (broad SMARTS) is 3. The predicted octanol–water partition coefficient (Wildman–Crippen LogP) is 0.747. The lowest BCUT2D eigenvalue weighted by Crippen LogP contribution is -2.40. The first-order valence-electron chi connectivity index (χ1n) is 12.0. The van der Waals surface area contributed by atoms with Crippen LogP contribution in [0, 0.1) is 0 Å². The number of nitrogens with zero attached hydrogens (tertiary/aromatic N) is 1. The van der Waals surface area contributed by atoms with E-state index in [1.165, 1.54) is 27.2 Å². The molecule has 13 nitrogen and oxygen atoms in total. The standard InChI is InChI=1S/C20H19NO4.C4H8N2O3.C2H5NO2/c22-19(23)18-9-4-10-21(18)20(24)25-12-14-6-3-8-16-15-7-2-1-5-13(15)11-17(14)16;5-2(4(8)9)1-3(6)7;3-1-2(4)5/h1-3,5-8,18H,4,9-12H2,(H,22,23);2H,1,5H2,(H2,6,7)(H,8,9);1,3H2,(H,4,5)/t18-;;/m0../s1. The van der Waals surface area contributed by atoms with Crippen LogP contribution in [0.3, 0.4) is 0 Å². The summed E-state index contributed by atoms with van der Waals surface area (Å²) in [6.45, 7) is 0.326. The molecule has 2 atom stereocenters. The van der Waals surface area contributed by atoms with Crippen LogP contribution in [0.15, 0.2) is 42.5 Å². The summed E-state index contributed by atoms with van der Waals surface area (Å²) in [5.74, 6) is -3.85. The lowest BCUT2D eigenvalue weighted by atomic mass is 10.0. The predicted molar refractivity (Wildman–Crippen MR) is 138 cm³/mol. The molecule has 39 heavy (non-hydrogen) atoms. The lowest BCUT2D eigenvalue weighted by molar-refractivity contribution is -0.142. The van der Waals surface area contributed by atoms with E-state index in [1.54, 1.807) is 0 Å². The molecule has 4 rings (SSSR count). The molecule has 0 radical (unpaired) electrons. The number of ether oxygens (including phenoxy) is 1. The van der Waals surface area contributed by atoms with Crippen LogP contribution in [0.2, 0.25) is 0 Å². The smallest absolute Gasteiger partial charge is 0.410 e. The van der Waals surface area contributed by atoms with Crippen molar-refractivity contribution in [2.75, 3.05) is 13.1 Å². The number of aliphatic carboxylic acids is 3. The second kappa shape index (κ2) is 14.4. The Morgan fingerprint density at radius 3 is 2.21 bits per heavy atom. The number of hydrogen-bond donors (Lipinski definition) is 6. The number of amides is 2. The molecule has 1 saturated heterocycles. The number of primary amides is 1. The van der Waals surface area contributed by atoms with Crippen molar-refractivity contribution in [3.8, 4) is 11.1 Å². The van der Waals surface area contributed by atoms with Crippen molar-refractivity contribution in [2.24, 2.45) is 17.2 Å². The van der Waals surface area contributed by atoms with Gasteiger partial charge in [-0.1, -0.05) is 42.5 Å². The number of fused-ring (bicyclic) bond motifs is 3. The summed E-state index contributed by atoms with van der Waals surface area (Å²) in [4.78, 5) is 54.0. The second-order valence-corrected chi connectivity index (χ2v) is 8.73. The minimum atomic E-state index is -1.21. The van der Waals surface area contributed by atoms with Crippen molar-refractivity contribution in [1.29, 1.82) is 0 Å². The van der Waals surface area contributed by atoms with Crippen LogP contribution in [0.25, 0.3) is 11.1 Å². The van der Waals surface area contributed by atoms with Gasteiger partial charge in [-0.2, -0.15) is 0 Å². The molecule has 0 bridgehead atoms. The number of benzene rings is 2. The maximum atomic E-state index is 12.3. The minimum absolute atomic E-state index is 0.166. The van der Waals surface area contributed by atoms with E-state index in [1.807, 2.05) is 24.3 Å². The van der Waals surface area contributed by atoms with Gasteiger partial charge in [0.1, 0.15) is 18.7 Å². The topological polar surface area (TPSA) is 237 Å². The molecule has 13 heteroatoms. The highest BCUT2D eigenvalue weighted by Gasteiger charge is 2.35. The van der Waals surface area contributed by atoms with Gasteiger partial charge in [-0.25, -0.2) is 9.59 Å². The molecule has 1 aliphatic heterocycles. The number of nitrogens with two attached hydrogens (primary N) is 3. The SMILES string of the molecule is NC(=O)CC(N)C(=O)O.NCC(=O)O.O=C(O)[C@@H]1CCCN1C(=O)OCc1cccc2c1Cc1ccccc1-2. The summed E-state index contributed by atoms with van der Waals surface area (Å²) in [5.41, 5.74) is 20.0. The highest BCUT2D eigenvalue weighted by atomic mass is 16.6. The Labute approximate surface area is 224 Å². The van der Waals surface area contributed by atoms with Crippen molar-refractivity contribution >= 4 is 29.9 Å². The molecule has 2 aliphatic rings. The quantitative estimate of drug-likeness (QED) is 0.242. The average Bonchev–Trinajstić information content (AvgIpc) is 3.53. The molecular weight excluding hydrogens is 512 g/mol. The molecule has 0 aromatic heterocycles. The zero-order chi connectivity index (χ0) is 29.1. The molecule has 2 aromatic carbocycles. The van der Waals surface area contributed by atoms with Gasteiger partial charge < -0.3 is 37.3 Å². The molecule has 9 N–H and O–H groups in total. The molecule has 1 aliphatic carbocycles. The fourth-order valence-corrected chi connectivity index (χ4v) is 4.13. The summed E-state index contributed by atoms with van der Waals surface area (Å²) in [6, 6.07) is 12.4. The molecule has 210 valence electrons. The van der Waals surface area contributed by atoms with Crippen LogP contribution in [0.1, 0.15) is 36.0 Å². The normalized spacial score (nSPS) is 15.3. The number of carbonyl (C=O) groups excluding carboxylic acids is 2. The van der Waals surface area contributed by atoms with Crippen molar-refractivity contribution in [1.82, 2.24) is 4.90 Å². The Kier molecular flexibility index (Phi) is 11.4. The van der Waals surface area contributed by atoms with Gasteiger partial charge in [-0.15, -0.1) is 0 Å². The maximum Gasteiger partial charge on any atom is 0.410 e. The van der Waals surface area contributed by atoms with Gasteiger partial charge in [0.2, 0.25) is 5.91 Å². The van der Waals surface area contributed by atoms with Crippen molar-refractivity contribution < 1.29 is 44.0 Å². The monoisotopic (exact) mass is 544 g/mol. The Balaban J connectivity index is 0.000000318. The van der Waals surface area contributed by atoms with Crippen LogP contribution < -0.4 is 17.2 Å². The summed E-state index contributed by atoms with van der Waals surface area (Å²) in [6.07, 6.45) is 1.16. The van der Waals surface area contributed by atoms with Crippen LogP contribution in [-0.4, -0.2) is 75.3 Å². The Hall–Kier alpha value is -4.49. The van der Waals surface area contributed by atoms with Crippen molar-refractivity contribution in [3.05, 3.63) is 59.2 Å². The fourth-order valence-electron chi connectivity index (χ4n) is 4.13. The van der Waals surface area contributed by atoms with E-state index < -0.39 is 42.0 Å². The molecular formula is C26H32N4O9. The molecule has 0 saturated carbocycles. The van der Waals surface area contributed by atoms with Crippen LogP contribution in [-0.2, 0) is 36.9 Å². The number of likely N-dealkylation sites (tertiary alicyclic amines) is 1. The molecule has 1 unspecified atom stereocenters. The zero-order valence-electron chi connectivity index (χ0n) is 21.1. The van der Waals surface area contributed by atoms with Gasteiger partial charge in [-0.3, -0.25) is 19.3 Å². The van der Waals surface area contributed by atoms with Crippen molar-refractivity contribution in [3.63, 3.8) is 0 Å². The zero-order valence-corrected chi connectivity index (χ0v) is 21.1. The van der Waals surface area contributed by atoms with Gasteiger partial charge in [0.15, 0.2) is 0 Å². The van der Waals surface area contributed by atoms with E-state index in [2.05, 4.69) is 29.7 Å². The van der Waals surface area contributed by atoms with E-state index >= 15 is 0 Å². The Bertz CT molecular complexity index is 1220. The maximum absolute atomic E-state index is 12.3. The third-order valence-electron chi connectivity index (χ3n) is 5.98. The first-order chi connectivity index (χ1) is 18.5. The first kappa shape index (κ1) is 30.7. The molecule has 2 aromatic rings. The van der Waals surface area contributed by atoms with Gasteiger partial charge in [-0.05, 0) is 47.1 Å². The third kappa shape index (κ3) is 8.79. The summed E-state index contributed by atoms with van der Waals surface area (Å²) in [7, 11) is 0. The van der Waals surface area contributed by atoms with Crippen LogP contribution >= 0.6 is 0 Å². The van der Waals surface area contributed by atoms with E-state index in [4.69, 9.17) is 20.7 Å². The highest BCUT2D eigenvalue weighted by molar-refractivity contribution is 5.83. The average molecular weight is 545 g/mol. The number of carbonyl (C=O) groups is 5.